The fourth-order valence-electron chi connectivity index (χ4n) is 2.10. The van der Waals surface area contributed by atoms with Gasteiger partial charge in [-0.1, -0.05) is 15.9 Å². The van der Waals surface area contributed by atoms with Crippen LogP contribution in [0.1, 0.15) is 23.2 Å². The van der Waals surface area contributed by atoms with Crippen LogP contribution in [-0.2, 0) is 10.0 Å². The second kappa shape index (κ2) is 7.55. The van der Waals surface area contributed by atoms with Crippen molar-refractivity contribution in [2.75, 3.05) is 13.1 Å². The highest BCUT2D eigenvalue weighted by Crippen LogP contribution is 2.20. The molecule has 1 aromatic rings. The van der Waals surface area contributed by atoms with E-state index in [-0.39, 0.29) is 28.9 Å². The van der Waals surface area contributed by atoms with Crippen LogP contribution in [0.4, 0.5) is 0 Å². The fourth-order valence-corrected chi connectivity index (χ4v) is 4.09. The van der Waals surface area contributed by atoms with Crippen molar-refractivity contribution in [3.8, 4) is 0 Å². The van der Waals surface area contributed by atoms with Crippen LogP contribution in [0.5, 0.6) is 0 Å². The van der Waals surface area contributed by atoms with Gasteiger partial charge in [-0.25, -0.2) is 13.1 Å². The van der Waals surface area contributed by atoms with E-state index in [9.17, 15) is 13.2 Å². The Morgan fingerprint density at radius 2 is 2.10 bits per heavy atom. The molecule has 0 bridgehead atoms. The summed E-state index contributed by atoms with van der Waals surface area (Å²) in [6, 6.07) is 4.09. The van der Waals surface area contributed by atoms with Gasteiger partial charge in [-0.3, -0.25) is 4.79 Å². The van der Waals surface area contributed by atoms with Crippen molar-refractivity contribution in [1.82, 2.24) is 10.0 Å². The molecule has 0 aromatic heterocycles. The molecule has 21 heavy (non-hydrogen) atoms. The predicted molar refractivity (Wildman–Crippen MR) is 86.1 cm³/mol. The lowest BCUT2D eigenvalue weighted by Gasteiger charge is -2.23. The van der Waals surface area contributed by atoms with E-state index in [0.29, 0.717) is 11.0 Å². The van der Waals surface area contributed by atoms with E-state index in [2.05, 4.69) is 26.0 Å². The van der Waals surface area contributed by atoms with E-state index in [0.717, 1.165) is 19.4 Å². The van der Waals surface area contributed by atoms with Gasteiger partial charge < -0.3 is 11.1 Å². The number of rotatable bonds is 4. The number of benzene rings is 1. The first-order valence-corrected chi connectivity index (χ1v) is 8.49. The number of hydrogen-bond acceptors (Lipinski definition) is 4. The first-order valence-electron chi connectivity index (χ1n) is 6.22. The second-order valence-corrected chi connectivity index (χ2v) is 7.33. The van der Waals surface area contributed by atoms with E-state index >= 15 is 0 Å². The smallest absolute Gasteiger partial charge is 0.248 e. The maximum Gasteiger partial charge on any atom is 0.248 e. The summed E-state index contributed by atoms with van der Waals surface area (Å²) in [5.74, 6) is -0.665. The van der Waals surface area contributed by atoms with Crippen molar-refractivity contribution in [3.05, 3.63) is 28.2 Å². The Bertz CT molecular complexity index is 618. The summed E-state index contributed by atoms with van der Waals surface area (Å²) in [5.41, 5.74) is 5.35. The predicted octanol–water partition coefficient (Wildman–Crippen LogP) is 1.00. The lowest BCUT2D eigenvalue weighted by Crippen LogP contribution is -2.45. The van der Waals surface area contributed by atoms with Crippen LogP contribution >= 0.6 is 28.3 Å². The molecule has 1 aromatic carbocycles. The van der Waals surface area contributed by atoms with Gasteiger partial charge in [0.25, 0.3) is 0 Å². The largest absolute Gasteiger partial charge is 0.366 e. The quantitative estimate of drug-likeness (QED) is 0.704. The van der Waals surface area contributed by atoms with Crippen LogP contribution in [-0.4, -0.2) is 33.5 Å². The van der Waals surface area contributed by atoms with Gasteiger partial charge in [-0.15, -0.1) is 12.4 Å². The van der Waals surface area contributed by atoms with Gasteiger partial charge in [-0.05, 0) is 37.6 Å². The van der Waals surface area contributed by atoms with Gasteiger partial charge in [0.1, 0.15) is 0 Å². The van der Waals surface area contributed by atoms with Crippen LogP contribution < -0.4 is 15.8 Å². The Hall–Kier alpha value is -0.670. The van der Waals surface area contributed by atoms with Gasteiger partial charge >= 0.3 is 0 Å². The Balaban J connectivity index is 0.00000220. The molecule has 2 rings (SSSR count). The second-order valence-electron chi connectivity index (χ2n) is 4.70. The topological polar surface area (TPSA) is 101 Å². The molecule has 9 heteroatoms. The van der Waals surface area contributed by atoms with E-state index in [1.165, 1.54) is 18.2 Å². The first-order chi connectivity index (χ1) is 9.38. The minimum atomic E-state index is -3.67. The maximum atomic E-state index is 12.3. The molecule has 6 nitrogen and oxygen atoms in total. The molecule has 1 aliphatic heterocycles. The van der Waals surface area contributed by atoms with Crippen molar-refractivity contribution in [1.29, 1.82) is 0 Å². The van der Waals surface area contributed by atoms with Gasteiger partial charge in [0.2, 0.25) is 15.9 Å². The summed E-state index contributed by atoms with van der Waals surface area (Å²) in [5, 5.41) is 3.14. The molecule has 1 saturated heterocycles. The summed E-state index contributed by atoms with van der Waals surface area (Å²) in [7, 11) is -3.67. The molecule has 1 amide bonds. The monoisotopic (exact) mass is 397 g/mol. The van der Waals surface area contributed by atoms with Crippen LogP contribution in [0, 0.1) is 0 Å². The highest BCUT2D eigenvalue weighted by molar-refractivity contribution is 9.10. The SMILES string of the molecule is Cl.NC(=O)c1cc(Br)cc(S(=O)(=O)N[C@@H]2CCCNC2)c1. The van der Waals surface area contributed by atoms with Crippen molar-refractivity contribution in [2.45, 2.75) is 23.8 Å². The molecular weight excluding hydrogens is 382 g/mol. The summed E-state index contributed by atoms with van der Waals surface area (Å²) in [6.45, 7) is 1.51. The highest BCUT2D eigenvalue weighted by atomic mass is 79.9. The van der Waals surface area contributed by atoms with Crippen LogP contribution in [0.2, 0.25) is 0 Å². The standard InChI is InChI=1S/C12H16BrN3O3S.ClH/c13-9-4-8(12(14)17)5-11(6-9)20(18,19)16-10-2-1-3-15-7-10;/h4-6,10,15-16H,1-3,7H2,(H2,14,17);1H/t10-;/m1./s1. The average molecular weight is 399 g/mol. The molecule has 0 unspecified atom stereocenters. The van der Waals surface area contributed by atoms with Crippen molar-refractivity contribution >= 4 is 44.3 Å². The van der Waals surface area contributed by atoms with Crippen molar-refractivity contribution < 1.29 is 13.2 Å². The lowest BCUT2D eigenvalue weighted by molar-refractivity contribution is 0.1000. The maximum absolute atomic E-state index is 12.3. The molecule has 0 spiro atoms. The van der Waals surface area contributed by atoms with Crippen LogP contribution in [0.15, 0.2) is 27.6 Å². The first kappa shape index (κ1) is 18.4. The third-order valence-corrected chi connectivity index (χ3v) is 5.04. The number of amides is 1. The number of carbonyl (C=O) groups excluding carboxylic acids is 1. The van der Waals surface area contributed by atoms with Gasteiger partial charge in [-0.2, -0.15) is 0 Å². The third-order valence-electron chi connectivity index (χ3n) is 3.08. The summed E-state index contributed by atoms with van der Waals surface area (Å²) < 4.78 is 27.8. The zero-order valence-corrected chi connectivity index (χ0v) is 14.4. The number of carbonyl (C=O) groups is 1. The van der Waals surface area contributed by atoms with Gasteiger partial charge in [0.15, 0.2) is 0 Å². The van der Waals surface area contributed by atoms with Gasteiger partial charge in [0.05, 0.1) is 4.90 Å². The Morgan fingerprint density at radius 3 is 2.67 bits per heavy atom. The zero-order chi connectivity index (χ0) is 14.8. The van der Waals surface area contributed by atoms with E-state index in [1.54, 1.807) is 0 Å². The number of hydrogen-bond donors (Lipinski definition) is 3. The Labute approximate surface area is 138 Å². The number of nitrogens with two attached hydrogens (primary N) is 1. The van der Waals surface area contributed by atoms with E-state index in [1.807, 2.05) is 0 Å². The van der Waals surface area contributed by atoms with Crippen LogP contribution in [0.25, 0.3) is 0 Å². The number of nitrogens with one attached hydrogen (secondary N) is 2. The minimum Gasteiger partial charge on any atom is -0.366 e. The molecule has 0 saturated carbocycles. The highest BCUT2D eigenvalue weighted by Gasteiger charge is 2.22. The molecule has 1 aliphatic rings. The average Bonchev–Trinajstić information content (AvgIpc) is 2.38. The molecule has 0 radical (unpaired) electrons. The summed E-state index contributed by atoms with van der Waals surface area (Å²) in [4.78, 5) is 11.2. The van der Waals surface area contributed by atoms with Crippen LogP contribution in [0.3, 0.4) is 0 Å². The van der Waals surface area contributed by atoms with Crippen molar-refractivity contribution in [3.63, 3.8) is 0 Å². The number of primary amides is 1. The minimum absolute atomic E-state index is 0. The molecular formula is C12H17BrClN3O3S. The Morgan fingerprint density at radius 1 is 1.38 bits per heavy atom. The normalized spacial score (nSPS) is 18.8. The lowest BCUT2D eigenvalue weighted by atomic mass is 10.1. The molecule has 118 valence electrons. The van der Waals surface area contributed by atoms with Crippen molar-refractivity contribution in [2.24, 2.45) is 5.73 Å². The molecule has 1 atom stereocenters. The molecule has 4 N–H and O–H groups in total. The third kappa shape index (κ3) is 4.93. The summed E-state index contributed by atoms with van der Waals surface area (Å²) >= 11 is 3.19. The molecule has 1 fully saturated rings. The van der Waals surface area contributed by atoms with E-state index < -0.39 is 15.9 Å². The number of sulfonamides is 1. The summed E-state index contributed by atoms with van der Waals surface area (Å²) in [6.07, 6.45) is 1.72. The molecule has 0 aliphatic carbocycles. The zero-order valence-electron chi connectivity index (χ0n) is 11.1. The number of halogens is 2. The van der Waals surface area contributed by atoms with Gasteiger partial charge in [0, 0.05) is 22.6 Å². The molecule has 1 heterocycles. The Kier molecular flexibility index (Phi) is 6.61. The fraction of sp³-hybridized carbons (Fsp3) is 0.417. The van der Waals surface area contributed by atoms with E-state index in [4.69, 9.17) is 5.73 Å². The number of piperidine rings is 1.